The highest BCUT2D eigenvalue weighted by molar-refractivity contribution is 5.99. The van der Waals surface area contributed by atoms with Crippen LogP contribution in [0.2, 0.25) is 0 Å². The zero-order chi connectivity index (χ0) is 64.9. The average molecular weight is 1200 g/mol. The van der Waals surface area contributed by atoms with E-state index in [0.29, 0.717) is 12.8 Å². The van der Waals surface area contributed by atoms with Gasteiger partial charge in [-0.3, -0.25) is 76.7 Å². The maximum absolute atomic E-state index is 13.3. The van der Waals surface area contributed by atoms with Crippen molar-refractivity contribution in [2.45, 2.75) is 214 Å². The van der Waals surface area contributed by atoms with E-state index in [-0.39, 0.29) is 32.4 Å². The van der Waals surface area contributed by atoms with Gasteiger partial charge in [-0.1, -0.05) is 0 Å². The maximum atomic E-state index is 13.3. The number of carboxylic acids is 1. The highest BCUT2D eigenvalue weighted by Gasteiger charge is 2.32. The second-order valence-corrected chi connectivity index (χ2v) is 20.3. The van der Waals surface area contributed by atoms with Crippen molar-refractivity contribution in [3.8, 4) is 0 Å². The summed E-state index contributed by atoms with van der Waals surface area (Å²) in [4.78, 5) is 201. The fourth-order valence-corrected chi connectivity index (χ4v) is 6.84. The van der Waals surface area contributed by atoms with E-state index in [1.54, 1.807) is 0 Å². The van der Waals surface area contributed by atoms with Crippen molar-refractivity contribution in [1.82, 2.24) is 79.8 Å². The Labute approximate surface area is 487 Å². The molecule has 14 atom stereocenters. The van der Waals surface area contributed by atoms with E-state index in [2.05, 4.69) is 79.8 Å². The van der Waals surface area contributed by atoms with Gasteiger partial charge in [0.25, 0.3) is 0 Å². The van der Waals surface area contributed by atoms with Crippen LogP contribution >= 0.6 is 0 Å². The number of nitrogens with two attached hydrogens (primary N) is 1. The lowest BCUT2D eigenvalue weighted by atomic mass is 10.1. The smallest absolute Gasteiger partial charge is 0.325 e. The lowest BCUT2D eigenvalue weighted by molar-refractivity contribution is -0.141. The normalized spacial score (nSPS) is 15.8. The first-order valence-electron chi connectivity index (χ1n) is 27.4. The van der Waals surface area contributed by atoms with Crippen LogP contribution in [0.3, 0.4) is 0 Å². The second kappa shape index (κ2) is 37.6. The summed E-state index contributed by atoms with van der Waals surface area (Å²) in [7, 11) is 0. The summed E-state index contributed by atoms with van der Waals surface area (Å²) < 4.78 is 0. The number of aliphatic carboxylic acids is 1. The van der Waals surface area contributed by atoms with Crippen molar-refractivity contribution in [3.63, 3.8) is 0 Å². The second-order valence-electron chi connectivity index (χ2n) is 20.3. The molecule has 0 bridgehead atoms. The van der Waals surface area contributed by atoms with Gasteiger partial charge in [-0.15, -0.1) is 0 Å². The predicted molar refractivity (Wildman–Crippen MR) is 299 cm³/mol. The first-order valence-corrected chi connectivity index (χ1v) is 27.4. The zero-order valence-electron chi connectivity index (χ0n) is 50.1. The van der Waals surface area contributed by atoms with Crippen LogP contribution in [0.5, 0.6) is 0 Å². The molecule has 33 heteroatoms. The summed E-state index contributed by atoms with van der Waals surface area (Å²) in [6.45, 7) is 18.8. The molecule has 15 amide bonds. The highest BCUT2D eigenvalue weighted by atomic mass is 16.4. The van der Waals surface area contributed by atoms with Crippen molar-refractivity contribution in [2.24, 2.45) is 5.73 Å². The van der Waals surface area contributed by atoms with Crippen LogP contribution in [0.4, 0.5) is 0 Å². The molecule has 0 aliphatic carbocycles. The van der Waals surface area contributed by atoms with E-state index in [1.807, 2.05) is 0 Å². The molecule has 84 heavy (non-hydrogen) atoms. The zero-order valence-corrected chi connectivity index (χ0v) is 50.1. The van der Waals surface area contributed by atoms with E-state index in [9.17, 15) is 76.7 Å². The van der Waals surface area contributed by atoms with Gasteiger partial charge in [0.15, 0.2) is 0 Å². The number of unbranched alkanes of at least 4 members (excludes halogenated alkanes) is 1. The quantitative estimate of drug-likeness (QED) is 0.0259. The van der Waals surface area contributed by atoms with Crippen molar-refractivity contribution in [2.75, 3.05) is 13.1 Å². The number of nitrogens with one attached hydrogen (secondary N) is 15. The van der Waals surface area contributed by atoms with E-state index >= 15 is 0 Å². The summed E-state index contributed by atoms with van der Waals surface area (Å²) in [5.41, 5.74) is 5.59. The van der Waals surface area contributed by atoms with Gasteiger partial charge in [-0.05, 0) is 122 Å². The Morgan fingerprint density at radius 3 is 0.845 bits per heavy atom. The van der Waals surface area contributed by atoms with E-state index < -0.39 is 179 Å². The average Bonchev–Trinajstić information content (AvgIpc) is 3.53. The van der Waals surface area contributed by atoms with Crippen molar-refractivity contribution < 1.29 is 81.8 Å². The minimum atomic E-state index is -1.29. The van der Waals surface area contributed by atoms with Crippen LogP contribution in [-0.2, 0) is 76.7 Å². The summed E-state index contributed by atoms with van der Waals surface area (Å²) in [6.07, 6.45) is 0.918. The molecule has 33 nitrogen and oxygen atoms in total. The molecule has 0 aromatic rings. The van der Waals surface area contributed by atoms with Crippen LogP contribution in [0.15, 0.2) is 0 Å². The summed E-state index contributed by atoms with van der Waals surface area (Å²) >= 11 is 0. The first kappa shape index (κ1) is 75.5. The molecule has 0 spiro atoms. The topological polar surface area (TPSA) is 500 Å². The van der Waals surface area contributed by atoms with Crippen LogP contribution in [0.1, 0.15) is 129 Å². The lowest BCUT2D eigenvalue weighted by Crippen LogP contribution is -2.58. The third kappa shape index (κ3) is 28.9. The Bertz CT molecular complexity index is 2390. The Morgan fingerprint density at radius 1 is 0.310 bits per heavy atom. The van der Waals surface area contributed by atoms with E-state index in [0.717, 1.165) is 0 Å². The number of amides is 15. The molecule has 18 N–H and O–H groups in total. The molecule has 0 aliphatic rings. The number of rotatable bonds is 36. The monoisotopic (exact) mass is 1200 g/mol. The molecule has 0 aromatic heterocycles. The third-order valence-electron chi connectivity index (χ3n) is 12.3. The number of hydrogen-bond donors (Lipinski definition) is 17. The van der Waals surface area contributed by atoms with Crippen molar-refractivity contribution in [1.29, 1.82) is 0 Å². The van der Waals surface area contributed by atoms with Gasteiger partial charge >= 0.3 is 5.97 Å². The minimum Gasteiger partial charge on any atom is -0.480 e. The standard InChI is InChI=1S/C51H88N16O17/c1-22(56-41(73)25(4)59-43(75)28(7)61-45(77)30(9)62-44(76)29(8)60-42(74)26(5)57-39(71)23(2)54-35(14)68)38(70)53-21-17-19-37(69)55-24(3)40(72)58-27(6)46(78)64-33(12)49(81)67-36(18-15-16-20-52)50(82)65-32(11)47(79)63-31(10)48(80)66-34(13)51(83)84/h22-34,36H,15-21,52H2,1-14H3,(H,53,70)(H,54,68)(H,55,69)(H,56,73)(H,57,71)(H,58,72)(H,59,75)(H,60,74)(H,61,77)(H,62,76)(H,63,79)(H,64,78)(H,65,82)(H,66,80)(H,67,81)(H,83,84)/t22-,23-,24-,25-,26-,27-,28-,29-,30-,31-,32-,33-,34-,36-/m0/s1. The minimum absolute atomic E-state index is 0.0272. The van der Waals surface area contributed by atoms with Crippen LogP contribution in [0, 0.1) is 0 Å². The predicted octanol–water partition coefficient (Wildman–Crippen LogP) is -6.84. The Morgan fingerprint density at radius 2 is 0.560 bits per heavy atom. The van der Waals surface area contributed by atoms with Gasteiger partial charge < -0.3 is 90.6 Å². The number of carbonyl (C=O) groups excluding carboxylic acids is 15. The maximum Gasteiger partial charge on any atom is 0.325 e. The SMILES string of the molecule is CC(=O)N[C@@H](C)C(=O)N[C@@H](C)C(=O)N[C@@H](C)C(=O)N[C@@H](C)C(=O)N[C@@H](C)C(=O)N[C@@H](C)C(=O)N[C@@H](C)C(=O)NCCCC(=O)N[C@@H](C)C(=O)N[C@@H](C)C(=O)N[C@@H](C)C(=O)N[C@@H](CCCCN)C(=O)N[C@@H](C)C(=O)N[C@@H](C)C(=O)N[C@@H](C)C(=O)O. The number of carbonyl (C=O) groups is 16. The molecule has 0 radical (unpaired) electrons. The third-order valence-corrected chi connectivity index (χ3v) is 12.3. The molecule has 0 saturated heterocycles. The van der Waals surface area contributed by atoms with Crippen molar-refractivity contribution >= 4 is 94.6 Å². The van der Waals surface area contributed by atoms with Gasteiger partial charge in [0.1, 0.15) is 84.6 Å². The Kier molecular flexibility index (Phi) is 33.7. The molecule has 0 aliphatic heterocycles. The van der Waals surface area contributed by atoms with Crippen LogP contribution in [-0.4, -0.2) is 197 Å². The van der Waals surface area contributed by atoms with Gasteiger partial charge in [0.05, 0.1) is 0 Å². The van der Waals surface area contributed by atoms with Crippen molar-refractivity contribution in [3.05, 3.63) is 0 Å². The fraction of sp³-hybridized carbons (Fsp3) is 0.686. The van der Waals surface area contributed by atoms with E-state index in [1.165, 1.54) is 96.9 Å². The molecule has 0 aromatic carbocycles. The molecule has 0 rings (SSSR count). The number of carboxylic acid groups (broad SMARTS) is 1. The highest BCUT2D eigenvalue weighted by Crippen LogP contribution is 2.04. The first-order chi connectivity index (χ1) is 38.9. The molecule has 0 saturated carbocycles. The van der Waals surface area contributed by atoms with Gasteiger partial charge in [0, 0.05) is 19.9 Å². The molecule has 0 heterocycles. The molecular formula is C51H88N16O17. The Balaban J connectivity index is 4.95. The van der Waals surface area contributed by atoms with Gasteiger partial charge in [0.2, 0.25) is 88.6 Å². The summed E-state index contributed by atoms with van der Waals surface area (Å²) in [5, 5.41) is 45.3. The Hall–Kier alpha value is -8.52. The summed E-state index contributed by atoms with van der Waals surface area (Å²) in [5.74, 6) is -12.1. The van der Waals surface area contributed by atoms with Gasteiger partial charge in [-0.25, -0.2) is 0 Å². The molecule has 0 fully saturated rings. The molecular weight excluding hydrogens is 1110 g/mol. The largest absolute Gasteiger partial charge is 0.480 e. The van der Waals surface area contributed by atoms with Crippen LogP contribution in [0.25, 0.3) is 0 Å². The van der Waals surface area contributed by atoms with E-state index in [4.69, 9.17) is 10.8 Å². The van der Waals surface area contributed by atoms with Crippen LogP contribution < -0.4 is 85.5 Å². The summed E-state index contributed by atoms with van der Waals surface area (Å²) in [6, 6.07) is -16.2. The lowest BCUT2D eigenvalue weighted by Gasteiger charge is -2.24. The number of hydrogen-bond acceptors (Lipinski definition) is 17. The molecule has 0 unspecified atom stereocenters. The van der Waals surface area contributed by atoms with Gasteiger partial charge in [-0.2, -0.15) is 0 Å². The molecule has 474 valence electrons. The fourth-order valence-electron chi connectivity index (χ4n) is 6.84.